The smallest absolute Gasteiger partial charge is 0.191 e. The Bertz CT molecular complexity index is 541. The maximum Gasteiger partial charge on any atom is 0.191 e. The Hall–Kier alpha value is -1.58. The van der Waals surface area contributed by atoms with E-state index in [0.717, 1.165) is 57.2 Å². The van der Waals surface area contributed by atoms with Crippen LogP contribution in [0.25, 0.3) is 0 Å². The minimum absolute atomic E-state index is 0. The molecule has 0 unspecified atom stereocenters. The zero-order valence-corrected chi connectivity index (χ0v) is 16.5. The molecular formula is C16H27IN6O. The van der Waals surface area contributed by atoms with E-state index in [4.69, 9.17) is 4.42 Å². The van der Waals surface area contributed by atoms with Gasteiger partial charge in [-0.2, -0.15) is 0 Å². The molecule has 0 bridgehead atoms. The van der Waals surface area contributed by atoms with Gasteiger partial charge in [-0.1, -0.05) is 18.6 Å². The molecule has 0 spiro atoms. The van der Waals surface area contributed by atoms with Gasteiger partial charge in [0.2, 0.25) is 0 Å². The van der Waals surface area contributed by atoms with Gasteiger partial charge in [-0.25, -0.2) is 0 Å². The largest absolute Gasteiger partial charge is 0.469 e. The molecule has 7 nitrogen and oxygen atoms in total. The summed E-state index contributed by atoms with van der Waals surface area (Å²) >= 11 is 0. The molecule has 0 aliphatic carbocycles. The van der Waals surface area contributed by atoms with Gasteiger partial charge in [0.25, 0.3) is 0 Å². The van der Waals surface area contributed by atoms with Gasteiger partial charge in [-0.15, -0.1) is 29.1 Å². The monoisotopic (exact) mass is 446 g/mol. The number of guanidine groups is 1. The third kappa shape index (κ3) is 8.32. The highest BCUT2D eigenvalue weighted by Gasteiger charge is 2.00. The lowest BCUT2D eigenvalue weighted by Crippen LogP contribution is -2.39. The van der Waals surface area contributed by atoms with E-state index < -0.39 is 0 Å². The maximum absolute atomic E-state index is 5.34. The molecule has 134 valence electrons. The molecule has 8 heteroatoms. The highest BCUT2D eigenvalue weighted by Crippen LogP contribution is 1.99. The predicted molar refractivity (Wildman–Crippen MR) is 106 cm³/mol. The molecule has 2 heterocycles. The van der Waals surface area contributed by atoms with E-state index in [1.807, 2.05) is 23.0 Å². The van der Waals surface area contributed by atoms with E-state index >= 15 is 0 Å². The fourth-order valence-corrected chi connectivity index (χ4v) is 2.09. The molecule has 0 aliphatic rings. The first-order valence-electron chi connectivity index (χ1n) is 8.27. The van der Waals surface area contributed by atoms with Gasteiger partial charge < -0.3 is 15.1 Å². The summed E-state index contributed by atoms with van der Waals surface area (Å²) in [5.41, 5.74) is 0. The third-order valence-corrected chi connectivity index (χ3v) is 3.35. The Morgan fingerprint density at radius 3 is 2.88 bits per heavy atom. The average Bonchev–Trinajstić information content (AvgIpc) is 3.24. The van der Waals surface area contributed by atoms with E-state index in [2.05, 4.69) is 32.9 Å². The Labute approximate surface area is 160 Å². The molecule has 0 saturated carbocycles. The lowest BCUT2D eigenvalue weighted by molar-refractivity contribution is 0.506. The minimum Gasteiger partial charge on any atom is -0.469 e. The van der Waals surface area contributed by atoms with Crippen LogP contribution in [0.5, 0.6) is 0 Å². The van der Waals surface area contributed by atoms with Crippen molar-refractivity contribution in [1.82, 2.24) is 25.6 Å². The number of hydrogen-bond acceptors (Lipinski definition) is 4. The van der Waals surface area contributed by atoms with Crippen LogP contribution >= 0.6 is 24.0 Å². The number of rotatable bonds is 10. The summed E-state index contributed by atoms with van der Waals surface area (Å²) in [5, 5.41) is 14.5. The van der Waals surface area contributed by atoms with Crippen LogP contribution in [0.3, 0.4) is 0 Å². The molecule has 0 aromatic carbocycles. The molecule has 0 atom stereocenters. The normalized spacial score (nSPS) is 11.1. The fourth-order valence-electron chi connectivity index (χ4n) is 2.09. The van der Waals surface area contributed by atoms with Crippen LogP contribution in [0.4, 0.5) is 0 Å². The van der Waals surface area contributed by atoms with Gasteiger partial charge in [0, 0.05) is 38.8 Å². The van der Waals surface area contributed by atoms with E-state index in [9.17, 15) is 0 Å². The van der Waals surface area contributed by atoms with Crippen LogP contribution in [0.15, 0.2) is 40.2 Å². The zero-order valence-electron chi connectivity index (χ0n) is 14.1. The van der Waals surface area contributed by atoms with Gasteiger partial charge >= 0.3 is 0 Å². The van der Waals surface area contributed by atoms with E-state index in [1.165, 1.54) is 6.42 Å². The summed E-state index contributed by atoms with van der Waals surface area (Å²) in [7, 11) is 0. The number of nitrogens with zero attached hydrogens (tertiary/aromatic N) is 4. The van der Waals surface area contributed by atoms with Crippen LogP contribution in [0, 0.1) is 0 Å². The van der Waals surface area contributed by atoms with Crippen molar-refractivity contribution in [2.75, 3.05) is 19.6 Å². The molecule has 2 aromatic heterocycles. The van der Waals surface area contributed by atoms with Crippen molar-refractivity contribution in [2.24, 2.45) is 4.99 Å². The third-order valence-electron chi connectivity index (χ3n) is 3.35. The lowest BCUT2D eigenvalue weighted by atomic mass is 10.3. The highest BCUT2D eigenvalue weighted by molar-refractivity contribution is 14.0. The van der Waals surface area contributed by atoms with Crippen LogP contribution in [0.2, 0.25) is 0 Å². The summed E-state index contributed by atoms with van der Waals surface area (Å²) in [6.07, 6.45) is 9.34. The van der Waals surface area contributed by atoms with Crippen LogP contribution < -0.4 is 10.6 Å². The summed E-state index contributed by atoms with van der Waals surface area (Å²) in [4.78, 5) is 4.62. The first kappa shape index (κ1) is 20.5. The number of nitrogens with one attached hydrogen (secondary N) is 2. The van der Waals surface area contributed by atoms with Crippen molar-refractivity contribution >= 4 is 29.9 Å². The lowest BCUT2D eigenvalue weighted by Gasteiger charge is -2.12. The van der Waals surface area contributed by atoms with E-state index in [0.29, 0.717) is 0 Å². The van der Waals surface area contributed by atoms with Crippen LogP contribution in [-0.4, -0.2) is 40.6 Å². The molecule has 0 amide bonds. The van der Waals surface area contributed by atoms with Crippen molar-refractivity contribution in [3.8, 4) is 0 Å². The molecule has 0 radical (unpaired) electrons. The molecule has 2 N–H and O–H groups in total. The van der Waals surface area contributed by atoms with Crippen molar-refractivity contribution in [1.29, 1.82) is 0 Å². The number of aryl methyl sites for hydroxylation is 1. The zero-order chi connectivity index (χ0) is 16.2. The van der Waals surface area contributed by atoms with Gasteiger partial charge in [-0.3, -0.25) is 9.67 Å². The SMILES string of the molecule is CCCCNC(=NCCCn1ccnn1)NCCc1ccco1.I. The number of unbranched alkanes of at least 4 members (excludes halogenated alkanes) is 1. The number of hydrogen-bond donors (Lipinski definition) is 2. The molecule has 24 heavy (non-hydrogen) atoms. The topological polar surface area (TPSA) is 80.3 Å². The number of halogens is 1. The van der Waals surface area contributed by atoms with E-state index in [-0.39, 0.29) is 24.0 Å². The Morgan fingerprint density at radius 1 is 1.29 bits per heavy atom. The Kier molecular flexibility index (Phi) is 10.9. The van der Waals surface area contributed by atoms with Crippen LogP contribution in [0.1, 0.15) is 31.9 Å². The van der Waals surface area contributed by atoms with Gasteiger partial charge in [0.15, 0.2) is 5.96 Å². The number of furan rings is 1. The first-order valence-corrected chi connectivity index (χ1v) is 8.27. The molecular weight excluding hydrogens is 419 g/mol. The standard InChI is InChI=1S/C16H26N6O.HI/c1-2-3-8-17-16(19-10-7-15-6-4-14-23-15)18-9-5-12-22-13-11-20-21-22;/h4,6,11,13-14H,2-3,5,7-10,12H2,1H3,(H2,17,18,19);1H. The summed E-state index contributed by atoms with van der Waals surface area (Å²) < 4.78 is 7.16. The summed E-state index contributed by atoms with van der Waals surface area (Å²) in [6, 6.07) is 3.90. The van der Waals surface area contributed by atoms with Gasteiger partial charge in [-0.05, 0) is 25.0 Å². The fraction of sp³-hybridized carbons (Fsp3) is 0.562. The first-order chi connectivity index (χ1) is 11.4. The Morgan fingerprint density at radius 2 is 2.17 bits per heavy atom. The second kappa shape index (κ2) is 12.8. The van der Waals surface area contributed by atoms with E-state index in [1.54, 1.807) is 12.5 Å². The predicted octanol–water partition coefficient (Wildman–Crippen LogP) is 2.46. The van der Waals surface area contributed by atoms with Gasteiger partial charge in [0.1, 0.15) is 5.76 Å². The second-order valence-corrected chi connectivity index (χ2v) is 5.29. The molecule has 2 aromatic rings. The quantitative estimate of drug-likeness (QED) is 0.254. The van der Waals surface area contributed by atoms with Crippen molar-refractivity contribution < 1.29 is 4.42 Å². The van der Waals surface area contributed by atoms with Gasteiger partial charge in [0.05, 0.1) is 12.5 Å². The summed E-state index contributed by atoms with van der Waals surface area (Å²) in [6.45, 7) is 5.50. The minimum atomic E-state index is 0. The summed E-state index contributed by atoms with van der Waals surface area (Å²) in [5.74, 6) is 1.85. The highest BCUT2D eigenvalue weighted by atomic mass is 127. The molecule has 2 rings (SSSR count). The molecule has 0 fully saturated rings. The number of aliphatic imine (C=N–C) groups is 1. The molecule has 0 saturated heterocycles. The van der Waals surface area contributed by atoms with Crippen molar-refractivity contribution in [3.63, 3.8) is 0 Å². The second-order valence-electron chi connectivity index (χ2n) is 5.29. The molecule has 0 aliphatic heterocycles. The maximum atomic E-state index is 5.34. The average molecular weight is 446 g/mol. The Balaban J connectivity index is 0.00000288. The van der Waals surface area contributed by atoms with Crippen molar-refractivity contribution in [3.05, 3.63) is 36.5 Å². The van der Waals surface area contributed by atoms with Crippen LogP contribution in [-0.2, 0) is 13.0 Å². The number of aromatic nitrogens is 3. The van der Waals surface area contributed by atoms with Crippen molar-refractivity contribution in [2.45, 2.75) is 39.2 Å².